The van der Waals surface area contributed by atoms with Gasteiger partial charge in [-0.25, -0.2) is 4.98 Å². The van der Waals surface area contributed by atoms with Crippen LogP contribution >= 0.6 is 22.7 Å². The quantitative estimate of drug-likeness (QED) is 0.702. The summed E-state index contributed by atoms with van der Waals surface area (Å²) in [6.07, 6.45) is 2.42. The van der Waals surface area contributed by atoms with Crippen LogP contribution in [0, 0.1) is 5.92 Å². The number of hydrogen-bond donors (Lipinski definition) is 3. The second kappa shape index (κ2) is 7.00. The van der Waals surface area contributed by atoms with Gasteiger partial charge in [-0.05, 0) is 37.1 Å². The van der Waals surface area contributed by atoms with Crippen molar-refractivity contribution in [3.63, 3.8) is 0 Å². The van der Waals surface area contributed by atoms with E-state index in [1.807, 2.05) is 18.4 Å². The normalized spacial score (nSPS) is 16.4. The number of rotatable bonds is 7. The Morgan fingerprint density at radius 1 is 1.42 bits per heavy atom. The van der Waals surface area contributed by atoms with Gasteiger partial charge >= 0.3 is 0 Å². The van der Waals surface area contributed by atoms with Gasteiger partial charge < -0.3 is 11.1 Å². The number of carbonyl (C=O) groups is 2. The first kappa shape index (κ1) is 17.1. The Labute approximate surface area is 148 Å². The molecule has 3 rings (SSSR count). The van der Waals surface area contributed by atoms with Crippen LogP contribution in [0.1, 0.15) is 35.1 Å². The average Bonchev–Trinajstić information content (AvgIpc) is 3.10. The van der Waals surface area contributed by atoms with Crippen LogP contribution in [0.15, 0.2) is 22.9 Å². The lowest BCUT2D eigenvalue weighted by Crippen LogP contribution is -2.53. The SMILES string of the molecule is CC(CN)(NC(=O)Cc1csc(NC(=O)c2cccs2)n1)C1CC1. The molecule has 2 aromatic heterocycles. The lowest BCUT2D eigenvalue weighted by atomic mass is 9.95. The summed E-state index contributed by atoms with van der Waals surface area (Å²) in [6, 6.07) is 3.58. The van der Waals surface area contributed by atoms with Gasteiger partial charge in [-0.3, -0.25) is 14.9 Å². The third kappa shape index (κ3) is 4.00. The molecule has 4 N–H and O–H groups in total. The Bertz CT molecular complexity index is 724. The number of hydrogen-bond acceptors (Lipinski definition) is 6. The van der Waals surface area contributed by atoms with Crippen LogP contribution in [0.4, 0.5) is 5.13 Å². The van der Waals surface area contributed by atoms with E-state index < -0.39 is 0 Å². The highest BCUT2D eigenvalue weighted by Gasteiger charge is 2.41. The molecule has 1 aliphatic rings. The van der Waals surface area contributed by atoms with E-state index in [0.29, 0.717) is 28.2 Å². The summed E-state index contributed by atoms with van der Waals surface area (Å²) in [6.45, 7) is 2.43. The number of nitrogens with two attached hydrogens (primary N) is 1. The van der Waals surface area contributed by atoms with E-state index in [-0.39, 0.29) is 23.8 Å². The molecule has 128 valence electrons. The zero-order valence-corrected chi connectivity index (χ0v) is 15.0. The zero-order chi connectivity index (χ0) is 17.2. The Morgan fingerprint density at radius 2 is 2.21 bits per heavy atom. The number of thiazole rings is 1. The minimum absolute atomic E-state index is 0.0868. The maximum absolute atomic E-state index is 12.2. The maximum atomic E-state index is 12.2. The fourth-order valence-corrected chi connectivity index (χ4v) is 3.90. The topological polar surface area (TPSA) is 97.1 Å². The van der Waals surface area contributed by atoms with Crippen molar-refractivity contribution in [1.82, 2.24) is 10.3 Å². The lowest BCUT2D eigenvalue weighted by Gasteiger charge is -2.29. The predicted octanol–water partition coefficient (Wildman–Crippen LogP) is 2.24. The van der Waals surface area contributed by atoms with E-state index in [2.05, 4.69) is 15.6 Å². The van der Waals surface area contributed by atoms with E-state index in [9.17, 15) is 9.59 Å². The maximum Gasteiger partial charge on any atom is 0.267 e. The minimum atomic E-state index is -0.330. The van der Waals surface area contributed by atoms with Crippen LogP contribution in [0.25, 0.3) is 0 Å². The molecule has 0 aromatic carbocycles. The van der Waals surface area contributed by atoms with Gasteiger partial charge in [0.15, 0.2) is 5.13 Å². The molecular formula is C16H20N4O2S2. The van der Waals surface area contributed by atoms with Crippen molar-refractivity contribution in [2.24, 2.45) is 11.7 Å². The molecule has 0 radical (unpaired) electrons. The molecule has 2 aromatic rings. The fraction of sp³-hybridized carbons (Fsp3) is 0.438. The molecule has 6 nitrogen and oxygen atoms in total. The van der Waals surface area contributed by atoms with Crippen LogP contribution < -0.4 is 16.4 Å². The first-order chi connectivity index (χ1) is 11.5. The molecule has 0 saturated heterocycles. The van der Waals surface area contributed by atoms with Crippen LogP contribution in [-0.2, 0) is 11.2 Å². The molecule has 8 heteroatoms. The molecule has 1 unspecified atom stereocenters. The molecule has 1 fully saturated rings. The molecule has 0 aliphatic heterocycles. The van der Waals surface area contributed by atoms with Crippen molar-refractivity contribution in [3.05, 3.63) is 33.5 Å². The summed E-state index contributed by atoms with van der Waals surface area (Å²) >= 11 is 2.69. The second-order valence-corrected chi connectivity index (χ2v) is 8.00. The minimum Gasteiger partial charge on any atom is -0.349 e. The smallest absolute Gasteiger partial charge is 0.267 e. The first-order valence-electron chi connectivity index (χ1n) is 7.80. The number of nitrogens with zero attached hydrogens (tertiary/aromatic N) is 1. The van der Waals surface area contributed by atoms with Gasteiger partial charge in [-0.1, -0.05) is 6.07 Å². The monoisotopic (exact) mass is 364 g/mol. The number of anilines is 1. The summed E-state index contributed by atoms with van der Waals surface area (Å²) in [5.41, 5.74) is 6.14. The summed E-state index contributed by atoms with van der Waals surface area (Å²) in [5.74, 6) is 0.207. The van der Waals surface area contributed by atoms with Gasteiger partial charge in [0.05, 0.1) is 22.5 Å². The molecule has 0 spiro atoms. The van der Waals surface area contributed by atoms with Gasteiger partial charge in [-0.2, -0.15) is 0 Å². The van der Waals surface area contributed by atoms with E-state index >= 15 is 0 Å². The largest absolute Gasteiger partial charge is 0.349 e. The van der Waals surface area contributed by atoms with Gasteiger partial charge in [0.25, 0.3) is 5.91 Å². The van der Waals surface area contributed by atoms with Gasteiger partial charge in [0.1, 0.15) is 0 Å². The highest BCUT2D eigenvalue weighted by molar-refractivity contribution is 7.14. The summed E-state index contributed by atoms with van der Waals surface area (Å²) in [7, 11) is 0. The number of aromatic nitrogens is 1. The van der Waals surface area contributed by atoms with Crippen molar-refractivity contribution in [2.75, 3.05) is 11.9 Å². The van der Waals surface area contributed by atoms with Crippen LogP contribution in [0.5, 0.6) is 0 Å². The van der Waals surface area contributed by atoms with E-state index in [0.717, 1.165) is 12.8 Å². The van der Waals surface area contributed by atoms with Crippen molar-refractivity contribution in [2.45, 2.75) is 31.7 Å². The van der Waals surface area contributed by atoms with Gasteiger partial charge in [0, 0.05) is 11.9 Å². The Kier molecular flexibility index (Phi) is 4.98. The molecule has 1 saturated carbocycles. The average molecular weight is 364 g/mol. The molecule has 24 heavy (non-hydrogen) atoms. The van der Waals surface area contributed by atoms with E-state index in [1.54, 1.807) is 11.4 Å². The third-order valence-corrected chi connectivity index (χ3v) is 5.86. The summed E-state index contributed by atoms with van der Waals surface area (Å²) in [5, 5.41) is 9.93. The number of amides is 2. The highest BCUT2D eigenvalue weighted by atomic mass is 32.1. The number of carbonyl (C=O) groups excluding carboxylic acids is 2. The zero-order valence-electron chi connectivity index (χ0n) is 13.4. The van der Waals surface area contributed by atoms with E-state index in [4.69, 9.17) is 5.73 Å². The van der Waals surface area contributed by atoms with E-state index in [1.165, 1.54) is 22.7 Å². The Balaban J connectivity index is 1.55. The molecule has 1 aliphatic carbocycles. The summed E-state index contributed by atoms with van der Waals surface area (Å²) < 4.78 is 0. The Hall–Kier alpha value is -1.77. The Morgan fingerprint density at radius 3 is 2.83 bits per heavy atom. The highest BCUT2D eigenvalue weighted by Crippen LogP contribution is 2.39. The van der Waals surface area contributed by atoms with Gasteiger partial charge in [0.2, 0.25) is 5.91 Å². The van der Waals surface area contributed by atoms with Crippen molar-refractivity contribution in [1.29, 1.82) is 0 Å². The van der Waals surface area contributed by atoms with Crippen LogP contribution in [0.3, 0.4) is 0 Å². The van der Waals surface area contributed by atoms with Crippen molar-refractivity contribution >= 4 is 39.6 Å². The molecular weight excluding hydrogens is 344 g/mol. The fourth-order valence-electron chi connectivity index (χ4n) is 2.58. The molecule has 2 amide bonds. The number of nitrogens with one attached hydrogen (secondary N) is 2. The lowest BCUT2D eigenvalue weighted by molar-refractivity contribution is -0.122. The standard InChI is InChI=1S/C16H20N4O2S2/c1-16(9-17,10-4-5-10)20-13(21)7-11-8-24-15(18-11)19-14(22)12-3-2-6-23-12/h2-3,6,8,10H,4-5,7,9,17H2,1H3,(H,20,21)(H,18,19,22). The summed E-state index contributed by atoms with van der Waals surface area (Å²) in [4.78, 5) is 29.2. The predicted molar refractivity (Wildman–Crippen MR) is 96.4 cm³/mol. The van der Waals surface area contributed by atoms with Crippen LogP contribution in [0.2, 0.25) is 0 Å². The van der Waals surface area contributed by atoms with Crippen molar-refractivity contribution < 1.29 is 9.59 Å². The third-order valence-electron chi connectivity index (χ3n) is 4.19. The number of thiophene rings is 1. The molecule has 0 bridgehead atoms. The first-order valence-corrected chi connectivity index (χ1v) is 9.56. The second-order valence-electron chi connectivity index (χ2n) is 6.20. The molecule has 1 atom stereocenters. The van der Waals surface area contributed by atoms with Gasteiger partial charge in [-0.15, -0.1) is 22.7 Å². The van der Waals surface area contributed by atoms with Crippen molar-refractivity contribution in [3.8, 4) is 0 Å². The van der Waals surface area contributed by atoms with Crippen LogP contribution in [-0.4, -0.2) is 28.9 Å². The molecule has 2 heterocycles.